The van der Waals surface area contributed by atoms with Crippen molar-refractivity contribution < 1.29 is 14.6 Å². The molecule has 0 unspecified atom stereocenters. The lowest BCUT2D eigenvalue weighted by Gasteiger charge is -2.37. The summed E-state index contributed by atoms with van der Waals surface area (Å²) >= 11 is 0. The van der Waals surface area contributed by atoms with Crippen molar-refractivity contribution in [3.63, 3.8) is 0 Å². The number of hydrogen-bond donors (Lipinski definition) is 1. The maximum atomic E-state index is 12.1. The third kappa shape index (κ3) is 6.62. The lowest BCUT2D eigenvalue weighted by atomic mass is 9.85. The lowest BCUT2D eigenvalue weighted by Crippen LogP contribution is -2.46. The fourth-order valence-corrected chi connectivity index (χ4v) is 1.71. The first-order valence-corrected chi connectivity index (χ1v) is 6.62. The Bertz CT molecular complexity index is 334. The van der Waals surface area contributed by atoms with Gasteiger partial charge in [-0.25, -0.2) is 4.79 Å². The van der Waals surface area contributed by atoms with Crippen LogP contribution in [-0.2, 0) is 4.74 Å². The van der Waals surface area contributed by atoms with E-state index in [1.807, 2.05) is 33.8 Å². The van der Waals surface area contributed by atoms with Crippen LogP contribution in [0.4, 0.5) is 4.79 Å². The van der Waals surface area contributed by atoms with Gasteiger partial charge in [-0.15, -0.1) is 0 Å². The largest absolute Gasteiger partial charge is 0.444 e. The molecular weight excluding hydrogens is 242 g/mol. The smallest absolute Gasteiger partial charge is 0.410 e. The number of nitrogens with zero attached hydrogens (tertiary/aromatic N) is 1. The number of carbonyl (C=O) groups excluding carboxylic acids is 1. The summed E-state index contributed by atoms with van der Waals surface area (Å²) in [6.45, 7) is 13.6. The van der Waals surface area contributed by atoms with Gasteiger partial charge in [-0.05, 0) is 33.1 Å². The third-order valence-corrected chi connectivity index (χ3v) is 2.68. The number of amides is 1. The van der Waals surface area contributed by atoms with E-state index >= 15 is 0 Å². The normalized spacial score (nSPS) is 15.1. The third-order valence-electron chi connectivity index (χ3n) is 2.68. The van der Waals surface area contributed by atoms with E-state index in [-0.39, 0.29) is 24.2 Å². The monoisotopic (exact) mass is 271 g/mol. The van der Waals surface area contributed by atoms with Gasteiger partial charge in [-0.1, -0.05) is 32.4 Å². The van der Waals surface area contributed by atoms with Crippen molar-refractivity contribution in [2.75, 3.05) is 13.7 Å². The molecule has 0 bridgehead atoms. The molecule has 1 N–H and O–H groups in total. The van der Waals surface area contributed by atoms with Crippen LogP contribution in [0.15, 0.2) is 11.6 Å². The van der Waals surface area contributed by atoms with Crippen LogP contribution in [0, 0.1) is 5.41 Å². The molecule has 0 fully saturated rings. The summed E-state index contributed by atoms with van der Waals surface area (Å²) < 4.78 is 5.39. The van der Waals surface area contributed by atoms with Crippen LogP contribution in [0.3, 0.4) is 0 Å². The summed E-state index contributed by atoms with van der Waals surface area (Å²) in [7, 11) is 1.73. The number of likely N-dealkylation sites (N-methyl/N-ethyl adjacent to an activating group) is 1. The van der Waals surface area contributed by atoms with Crippen LogP contribution in [0.5, 0.6) is 0 Å². The number of rotatable bonds is 3. The molecule has 0 rings (SSSR count). The van der Waals surface area contributed by atoms with E-state index in [9.17, 15) is 4.79 Å². The van der Waals surface area contributed by atoms with Crippen LogP contribution >= 0.6 is 0 Å². The standard InChI is InChI=1S/C15H29NO3/c1-11(10-17)9-12(14(2,3)4)16(8)13(18)19-15(5,6)7/h9,12,17H,10H2,1-8H3/b11-9+/t12-/m1/s1. The quantitative estimate of drug-likeness (QED) is 0.802. The molecule has 0 aliphatic heterocycles. The van der Waals surface area contributed by atoms with E-state index in [0.29, 0.717) is 0 Å². The second kappa shape index (κ2) is 6.42. The van der Waals surface area contributed by atoms with Crippen LogP contribution in [-0.4, -0.2) is 41.4 Å². The topological polar surface area (TPSA) is 49.8 Å². The molecule has 0 aromatic rings. The molecule has 112 valence electrons. The van der Waals surface area contributed by atoms with Crippen LogP contribution in [0.2, 0.25) is 0 Å². The van der Waals surface area contributed by atoms with E-state index in [2.05, 4.69) is 20.8 Å². The molecule has 19 heavy (non-hydrogen) atoms. The maximum Gasteiger partial charge on any atom is 0.410 e. The molecule has 0 aromatic heterocycles. The van der Waals surface area contributed by atoms with Gasteiger partial charge >= 0.3 is 6.09 Å². The van der Waals surface area contributed by atoms with Gasteiger partial charge in [0, 0.05) is 7.05 Å². The average molecular weight is 271 g/mol. The van der Waals surface area contributed by atoms with Crippen LogP contribution < -0.4 is 0 Å². The average Bonchev–Trinajstić information content (AvgIpc) is 2.20. The van der Waals surface area contributed by atoms with Crippen molar-refractivity contribution in [1.29, 1.82) is 0 Å². The second-order valence-electron chi connectivity index (χ2n) is 7.07. The van der Waals surface area contributed by atoms with Crippen LogP contribution in [0.25, 0.3) is 0 Å². The van der Waals surface area contributed by atoms with E-state index in [4.69, 9.17) is 9.84 Å². The Balaban J connectivity index is 5.13. The number of aliphatic hydroxyl groups excluding tert-OH is 1. The van der Waals surface area contributed by atoms with Gasteiger partial charge in [0.15, 0.2) is 0 Å². The van der Waals surface area contributed by atoms with Crippen molar-refractivity contribution in [2.45, 2.75) is 60.1 Å². The molecule has 0 heterocycles. The summed E-state index contributed by atoms with van der Waals surface area (Å²) in [6.07, 6.45) is 1.57. The Morgan fingerprint density at radius 1 is 1.26 bits per heavy atom. The first kappa shape index (κ1) is 18.0. The van der Waals surface area contributed by atoms with E-state index in [1.165, 1.54) is 0 Å². The zero-order valence-electron chi connectivity index (χ0n) is 13.6. The van der Waals surface area contributed by atoms with Crippen molar-refractivity contribution in [3.8, 4) is 0 Å². The van der Waals surface area contributed by atoms with Crippen molar-refractivity contribution in [3.05, 3.63) is 11.6 Å². The van der Waals surface area contributed by atoms with Crippen molar-refractivity contribution in [2.24, 2.45) is 5.41 Å². The zero-order chi connectivity index (χ0) is 15.4. The zero-order valence-corrected chi connectivity index (χ0v) is 13.6. The molecule has 0 aliphatic rings. The first-order valence-electron chi connectivity index (χ1n) is 6.62. The highest BCUT2D eigenvalue weighted by atomic mass is 16.6. The number of hydrogen-bond acceptors (Lipinski definition) is 3. The molecule has 1 amide bonds. The minimum Gasteiger partial charge on any atom is -0.444 e. The number of ether oxygens (including phenoxy) is 1. The molecule has 4 nitrogen and oxygen atoms in total. The highest BCUT2D eigenvalue weighted by Gasteiger charge is 2.31. The van der Waals surface area contributed by atoms with Gasteiger partial charge < -0.3 is 14.7 Å². The molecule has 0 aromatic carbocycles. The minimum absolute atomic E-state index is 0.00522. The summed E-state index contributed by atoms with van der Waals surface area (Å²) in [5.41, 5.74) is 0.196. The molecule has 0 aliphatic carbocycles. The molecule has 4 heteroatoms. The fraction of sp³-hybridized carbons (Fsp3) is 0.800. The lowest BCUT2D eigenvalue weighted by molar-refractivity contribution is 0.0164. The summed E-state index contributed by atoms with van der Waals surface area (Å²) in [5.74, 6) is 0. The highest BCUT2D eigenvalue weighted by molar-refractivity contribution is 5.68. The Kier molecular flexibility index (Phi) is 6.07. The summed E-state index contributed by atoms with van der Waals surface area (Å²) in [6, 6.07) is -0.130. The van der Waals surface area contributed by atoms with Crippen molar-refractivity contribution >= 4 is 6.09 Å². The minimum atomic E-state index is -0.510. The van der Waals surface area contributed by atoms with E-state index in [1.54, 1.807) is 11.9 Å². The van der Waals surface area contributed by atoms with Crippen LogP contribution in [0.1, 0.15) is 48.5 Å². The molecule has 0 saturated carbocycles. The van der Waals surface area contributed by atoms with E-state index < -0.39 is 5.60 Å². The Morgan fingerprint density at radius 3 is 2.05 bits per heavy atom. The SMILES string of the molecule is C/C(=C\[C@@H](N(C)C(=O)OC(C)(C)C)C(C)(C)C)CO. The molecule has 1 atom stereocenters. The number of carbonyl (C=O) groups is 1. The van der Waals surface area contributed by atoms with Gasteiger partial charge in [-0.3, -0.25) is 0 Å². The van der Waals surface area contributed by atoms with Gasteiger partial charge in [-0.2, -0.15) is 0 Å². The molecule has 0 radical (unpaired) electrons. The number of aliphatic hydroxyl groups is 1. The second-order valence-corrected chi connectivity index (χ2v) is 7.07. The van der Waals surface area contributed by atoms with Gasteiger partial charge in [0.1, 0.15) is 5.60 Å². The predicted molar refractivity (Wildman–Crippen MR) is 78.1 cm³/mol. The Labute approximate surface area is 117 Å². The fourth-order valence-electron chi connectivity index (χ4n) is 1.71. The molecular formula is C15H29NO3. The van der Waals surface area contributed by atoms with E-state index in [0.717, 1.165) is 5.57 Å². The van der Waals surface area contributed by atoms with Gasteiger partial charge in [0.2, 0.25) is 0 Å². The Morgan fingerprint density at radius 2 is 1.74 bits per heavy atom. The van der Waals surface area contributed by atoms with Gasteiger partial charge in [0.25, 0.3) is 0 Å². The summed E-state index contributed by atoms with van der Waals surface area (Å²) in [4.78, 5) is 13.7. The van der Waals surface area contributed by atoms with Crippen molar-refractivity contribution in [1.82, 2.24) is 4.90 Å². The first-order chi connectivity index (χ1) is 8.38. The maximum absolute atomic E-state index is 12.1. The van der Waals surface area contributed by atoms with Gasteiger partial charge in [0.05, 0.1) is 12.6 Å². The highest BCUT2D eigenvalue weighted by Crippen LogP contribution is 2.27. The Hall–Kier alpha value is -1.03. The summed E-state index contributed by atoms with van der Waals surface area (Å²) in [5, 5.41) is 9.15. The molecule has 0 saturated heterocycles. The predicted octanol–water partition coefficient (Wildman–Crippen LogP) is 3.21. The molecule has 0 spiro atoms.